The SMILES string of the molecule is CO.CSc1cc(NC(=O)c2c(N3CCC(F)(F)C(C)C3)ncc(C(F)(F)F)c2C)ccn1.[CH3-].[Cs+]. The van der Waals surface area contributed by atoms with E-state index in [1.165, 1.54) is 42.8 Å². The summed E-state index contributed by atoms with van der Waals surface area (Å²) in [5.41, 5.74) is -1.28. The molecule has 13 heteroatoms. The summed E-state index contributed by atoms with van der Waals surface area (Å²) in [6, 6.07) is 3.10. The van der Waals surface area contributed by atoms with E-state index in [1.807, 2.05) is 0 Å². The largest absolute Gasteiger partial charge is 1.00 e. The molecule has 0 aromatic carbocycles. The van der Waals surface area contributed by atoms with E-state index in [1.54, 1.807) is 12.3 Å². The van der Waals surface area contributed by atoms with Gasteiger partial charge in [0.25, 0.3) is 11.8 Å². The van der Waals surface area contributed by atoms with Crippen molar-refractivity contribution in [3.05, 3.63) is 48.6 Å². The number of aromatic nitrogens is 2. The van der Waals surface area contributed by atoms with E-state index in [2.05, 4.69) is 15.3 Å². The Morgan fingerprint density at radius 2 is 1.91 bits per heavy atom. The van der Waals surface area contributed by atoms with Gasteiger partial charge in [0.05, 0.1) is 16.2 Å². The fourth-order valence-electron chi connectivity index (χ4n) is 3.46. The fourth-order valence-corrected chi connectivity index (χ4v) is 3.87. The van der Waals surface area contributed by atoms with Crippen LogP contribution in [0.25, 0.3) is 0 Å². The number of carbonyl (C=O) groups excluding carboxylic acids is 1. The van der Waals surface area contributed by atoms with E-state index < -0.39 is 35.9 Å². The number of nitrogens with zero attached hydrogens (tertiary/aromatic N) is 3. The molecule has 1 atom stereocenters. The Bertz CT molecular complexity index is 995. The van der Waals surface area contributed by atoms with Crippen molar-refractivity contribution in [2.75, 3.05) is 36.7 Å². The van der Waals surface area contributed by atoms with E-state index in [0.29, 0.717) is 16.9 Å². The predicted molar refractivity (Wildman–Crippen MR) is 123 cm³/mol. The molecule has 3 heterocycles. The first-order valence-electron chi connectivity index (χ1n) is 9.89. The maximum absolute atomic E-state index is 13.9. The van der Waals surface area contributed by atoms with Crippen molar-refractivity contribution >= 4 is 29.2 Å². The third kappa shape index (κ3) is 8.55. The zero-order valence-electron chi connectivity index (χ0n) is 20.5. The zero-order valence-corrected chi connectivity index (χ0v) is 27.6. The number of halogens is 5. The first-order chi connectivity index (χ1) is 15.4. The summed E-state index contributed by atoms with van der Waals surface area (Å²) in [5.74, 6) is -4.75. The van der Waals surface area contributed by atoms with Crippen LogP contribution in [0.5, 0.6) is 0 Å². The van der Waals surface area contributed by atoms with Crippen LogP contribution in [0.15, 0.2) is 29.6 Å². The van der Waals surface area contributed by atoms with Crippen molar-refractivity contribution < 1.29 is 101 Å². The van der Waals surface area contributed by atoms with Gasteiger partial charge in [0.15, 0.2) is 0 Å². The van der Waals surface area contributed by atoms with Crippen LogP contribution in [0.2, 0.25) is 0 Å². The first kappa shape index (κ1) is 34.6. The predicted octanol–water partition coefficient (Wildman–Crippen LogP) is 2.32. The number of aliphatic hydroxyl groups is 1. The van der Waals surface area contributed by atoms with Crippen LogP contribution in [0.4, 0.5) is 33.5 Å². The van der Waals surface area contributed by atoms with Gasteiger partial charge in [0, 0.05) is 50.6 Å². The number of amides is 1. The Hall–Kier alpha value is -0.418. The summed E-state index contributed by atoms with van der Waals surface area (Å²) >= 11 is 1.34. The molecule has 190 valence electrons. The van der Waals surface area contributed by atoms with Crippen molar-refractivity contribution in [3.63, 3.8) is 0 Å². The Kier molecular flexibility index (Phi) is 14.3. The maximum atomic E-state index is 13.9. The molecule has 1 aliphatic rings. The monoisotopic (exact) mass is 640 g/mol. The summed E-state index contributed by atoms with van der Waals surface area (Å²) in [6.07, 6.45) is -1.28. The summed E-state index contributed by atoms with van der Waals surface area (Å²) in [6.45, 7) is 2.30. The number of pyridine rings is 2. The number of carbonyl (C=O) groups is 1. The third-order valence-corrected chi connectivity index (χ3v) is 5.92. The molecule has 0 aliphatic carbocycles. The van der Waals surface area contributed by atoms with Gasteiger partial charge in [-0.1, -0.05) is 6.92 Å². The molecule has 2 aromatic rings. The Labute approximate surface area is 265 Å². The molecule has 0 radical (unpaired) electrons. The van der Waals surface area contributed by atoms with Crippen LogP contribution in [-0.4, -0.2) is 53.4 Å². The maximum Gasteiger partial charge on any atom is 1.00 e. The van der Waals surface area contributed by atoms with Gasteiger partial charge < -0.3 is 22.7 Å². The van der Waals surface area contributed by atoms with Crippen LogP contribution in [0.3, 0.4) is 0 Å². The Morgan fingerprint density at radius 3 is 2.46 bits per heavy atom. The van der Waals surface area contributed by atoms with Gasteiger partial charge in [-0.2, -0.15) is 13.2 Å². The molecule has 1 unspecified atom stereocenters. The second-order valence-corrected chi connectivity index (χ2v) is 8.22. The molecule has 2 aromatic heterocycles. The average Bonchev–Trinajstić information content (AvgIpc) is 2.76. The molecule has 0 saturated carbocycles. The number of hydrogen-bond donors (Lipinski definition) is 2. The fraction of sp³-hybridized carbons (Fsp3) is 0.455. The molecule has 1 amide bonds. The van der Waals surface area contributed by atoms with Gasteiger partial charge in [0.1, 0.15) is 5.82 Å². The van der Waals surface area contributed by atoms with Gasteiger partial charge >= 0.3 is 75.1 Å². The van der Waals surface area contributed by atoms with Gasteiger partial charge in [-0.25, -0.2) is 18.7 Å². The van der Waals surface area contributed by atoms with E-state index in [0.717, 1.165) is 7.11 Å². The molecule has 2 N–H and O–H groups in total. The number of thioether (sulfide) groups is 1. The van der Waals surface area contributed by atoms with Gasteiger partial charge in [-0.15, -0.1) is 11.8 Å². The average molecular weight is 640 g/mol. The second kappa shape index (κ2) is 14.5. The third-order valence-electron chi connectivity index (χ3n) is 5.28. The summed E-state index contributed by atoms with van der Waals surface area (Å²) in [7, 11) is 1.00. The molecule has 1 saturated heterocycles. The number of rotatable bonds is 4. The summed E-state index contributed by atoms with van der Waals surface area (Å²) < 4.78 is 68.2. The molecule has 1 fully saturated rings. The summed E-state index contributed by atoms with van der Waals surface area (Å²) in [5, 5.41) is 10.2. The standard InChI is InChI=1S/C20H21F5N4OS.CH4O.CH3.Cs/c1-11-10-29(7-5-19(11,21)22)17-16(12(2)14(9-27-17)20(23,24)25)18(30)28-13-4-6-26-15(8-13)31-3;1-2;;/h4,6,8-9,11H,5,7,10H2,1-3H3,(H,26,28,30);2H,1H3;1H3;/q;;-1;+1. The number of piperidine rings is 1. The molecule has 6 nitrogen and oxygen atoms in total. The zero-order chi connectivity index (χ0) is 25.0. The van der Waals surface area contributed by atoms with E-state index in [4.69, 9.17) is 5.11 Å². The van der Waals surface area contributed by atoms with Gasteiger partial charge in [-0.05, 0) is 30.9 Å². The van der Waals surface area contributed by atoms with Crippen molar-refractivity contribution in [1.82, 2.24) is 9.97 Å². The van der Waals surface area contributed by atoms with Crippen molar-refractivity contribution in [2.45, 2.75) is 37.4 Å². The van der Waals surface area contributed by atoms with Crippen molar-refractivity contribution in [2.24, 2.45) is 5.92 Å². The Morgan fingerprint density at radius 1 is 1.29 bits per heavy atom. The molecular weight excluding hydrogens is 612 g/mol. The Balaban J connectivity index is 0.00000282. The number of aliphatic hydroxyl groups excluding tert-OH is 1. The first-order valence-corrected chi connectivity index (χ1v) is 11.1. The summed E-state index contributed by atoms with van der Waals surface area (Å²) in [4.78, 5) is 22.5. The molecule has 35 heavy (non-hydrogen) atoms. The quantitative estimate of drug-likeness (QED) is 0.304. The van der Waals surface area contributed by atoms with Crippen LogP contribution in [0.1, 0.15) is 34.8 Å². The van der Waals surface area contributed by atoms with E-state index in [-0.39, 0.29) is 106 Å². The van der Waals surface area contributed by atoms with E-state index >= 15 is 0 Å². The molecule has 3 rings (SSSR count). The number of hydrogen-bond acceptors (Lipinski definition) is 6. The molecule has 0 spiro atoms. The molecule has 1 aliphatic heterocycles. The topological polar surface area (TPSA) is 78.4 Å². The molecule has 0 bridgehead atoms. The van der Waals surface area contributed by atoms with Crippen molar-refractivity contribution in [1.29, 1.82) is 0 Å². The van der Waals surface area contributed by atoms with Gasteiger partial charge in [0.2, 0.25) is 0 Å². The van der Waals surface area contributed by atoms with E-state index in [9.17, 15) is 26.7 Å². The van der Waals surface area contributed by atoms with Crippen LogP contribution < -0.4 is 79.1 Å². The number of anilines is 2. The van der Waals surface area contributed by atoms with Crippen LogP contribution >= 0.6 is 11.8 Å². The number of alkyl halides is 5. The minimum atomic E-state index is -4.71. The van der Waals surface area contributed by atoms with Crippen LogP contribution in [-0.2, 0) is 6.18 Å². The van der Waals surface area contributed by atoms with Gasteiger partial charge in [-0.3, -0.25) is 4.79 Å². The van der Waals surface area contributed by atoms with Crippen LogP contribution in [0, 0.1) is 20.3 Å². The minimum Gasteiger partial charge on any atom is -0.400 e. The number of nitrogens with one attached hydrogen (secondary N) is 1. The second-order valence-electron chi connectivity index (χ2n) is 7.39. The van der Waals surface area contributed by atoms with Crippen molar-refractivity contribution in [3.8, 4) is 0 Å². The molecular formula is C22H28CsF5N4O2S. The minimum absolute atomic E-state index is 0. The smallest absolute Gasteiger partial charge is 0.400 e. The normalized spacial score (nSPS) is 16.7.